The van der Waals surface area contributed by atoms with Crippen LogP contribution >= 0.6 is 0 Å². The highest BCUT2D eigenvalue weighted by Gasteiger charge is 2.08. The molecule has 0 aliphatic heterocycles. The molecule has 0 aliphatic carbocycles. The van der Waals surface area contributed by atoms with Crippen molar-refractivity contribution in [2.75, 3.05) is 7.11 Å². The number of methoxy groups -OCH3 is 1. The molecule has 0 bridgehead atoms. The van der Waals surface area contributed by atoms with Crippen molar-refractivity contribution in [3.8, 4) is 16.9 Å². The minimum absolute atomic E-state index is 0.451. The second-order valence-electron chi connectivity index (χ2n) is 3.56. The van der Waals surface area contributed by atoms with Gasteiger partial charge in [-0.2, -0.15) is 0 Å². The predicted molar refractivity (Wildman–Crippen MR) is 65.8 cm³/mol. The van der Waals surface area contributed by atoms with E-state index in [4.69, 9.17) is 10.5 Å². The Balaban J connectivity index is 2.48. The average Bonchev–Trinajstić information content (AvgIpc) is 2.39. The quantitative estimate of drug-likeness (QED) is 0.872. The molecule has 3 heteroatoms. The predicted octanol–water partition coefficient (Wildman–Crippen LogP) is 2.26. The number of benzene rings is 2. The number of hydrogen-bond acceptors (Lipinski definition) is 2. The van der Waals surface area contributed by atoms with E-state index in [1.54, 1.807) is 19.2 Å². The number of amides is 1. The highest BCUT2D eigenvalue weighted by molar-refractivity contribution is 5.99. The lowest BCUT2D eigenvalue weighted by molar-refractivity contribution is 0.100. The van der Waals surface area contributed by atoms with E-state index in [0.29, 0.717) is 5.56 Å². The third-order valence-electron chi connectivity index (χ3n) is 2.53. The molecule has 2 aromatic carbocycles. The van der Waals surface area contributed by atoms with E-state index < -0.39 is 5.91 Å². The fourth-order valence-corrected chi connectivity index (χ4v) is 1.66. The van der Waals surface area contributed by atoms with Gasteiger partial charge in [0.25, 0.3) is 0 Å². The zero-order valence-electron chi connectivity index (χ0n) is 9.44. The molecule has 0 unspecified atom stereocenters. The number of carbonyl (C=O) groups is 1. The lowest BCUT2D eigenvalue weighted by Crippen LogP contribution is -2.12. The molecule has 2 N–H and O–H groups in total. The molecule has 0 atom stereocenters. The van der Waals surface area contributed by atoms with Crippen molar-refractivity contribution < 1.29 is 9.53 Å². The van der Waals surface area contributed by atoms with Gasteiger partial charge in [0.2, 0.25) is 5.91 Å². The largest absolute Gasteiger partial charge is 0.497 e. The third kappa shape index (κ3) is 2.28. The summed E-state index contributed by atoms with van der Waals surface area (Å²) < 4.78 is 5.08. The molecule has 2 aromatic rings. The fraction of sp³-hybridized carbons (Fsp3) is 0.0714. The number of hydrogen-bond donors (Lipinski definition) is 1. The smallest absolute Gasteiger partial charge is 0.249 e. The van der Waals surface area contributed by atoms with Gasteiger partial charge in [-0.15, -0.1) is 0 Å². The van der Waals surface area contributed by atoms with Crippen molar-refractivity contribution in [1.29, 1.82) is 0 Å². The molecular formula is C14H12NO2. The van der Waals surface area contributed by atoms with E-state index in [-0.39, 0.29) is 0 Å². The highest BCUT2D eigenvalue weighted by atomic mass is 16.5. The Morgan fingerprint density at radius 1 is 1.24 bits per heavy atom. The van der Waals surface area contributed by atoms with E-state index in [9.17, 15) is 4.79 Å². The number of carbonyl (C=O) groups excluding carboxylic acids is 1. The first-order chi connectivity index (χ1) is 8.22. The van der Waals surface area contributed by atoms with Crippen molar-refractivity contribution in [3.63, 3.8) is 0 Å². The highest BCUT2D eigenvalue weighted by Crippen LogP contribution is 2.25. The normalized spacial score (nSPS) is 9.94. The Labute approximate surface area is 99.8 Å². The van der Waals surface area contributed by atoms with Gasteiger partial charge in [0.05, 0.1) is 7.11 Å². The summed E-state index contributed by atoms with van der Waals surface area (Å²) in [7, 11) is 1.61. The summed E-state index contributed by atoms with van der Waals surface area (Å²) in [5.74, 6) is 0.324. The maximum atomic E-state index is 11.3. The van der Waals surface area contributed by atoms with Crippen LogP contribution in [0.4, 0.5) is 0 Å². The lowest BCUT2D eigenvalue weighted by Gasteiger charge is -2.07. The van der Waals surface area contributed by atoms with Gasteiger partial charge >= 0.3 is 0 Å². The Morgan fingerprint density at radius 3 is 2.53 bits per heavy atom. The third-order valence-corrected chi connectivity index (χ3v) is 2.53. The molecule has 0 heterocycles. The molecular weight excluding hydrogens is 214 g/mol. The van der Waals surface area contributed by atoms with Crippen molar-refractivity contribution >= 4 is 5.91 Å². The van der Waals surface area contributed by atoms with Gasteiger partial charge in [0.15, 0.2) is 0 Å². The molecule has 0 spiro atoms. The van der Waals surface area contributed by atoms with Gasteiger partial charge in [-0.25, -0.2) is 0 Å². The second kappa shape index (κ2) is 4.70. The standard InChI is InChI=1S/C14H12NO2/c1-17-11-8-6-10(7-9-11)12-4-2-3-5-13(12)14(15)16/h2,4-9H,1H3,(H2,15,16). The molecule has 85 valence electrons. The minimum Gasteiger partial charge on any atom is -0.497 e. The molecule has 0 saturated heterocycles. The van der Waals surface area contributed by atoms with E-state index >= 15 is 0 Å². The minimum atomic E-state index is -0.451. The number of rotatable bonds is 3. The van der Waals surface area contributed by atoms with Gasteiger partial charge in [-0.05, 0) is 35.4 Å². The van der Waals surface area contributed by atoms with Gasteiger partial charge in [-0.1, -0.05) is 24.3 Å². The topological polar surface area (TPSA) is 52.3 Å². The van der Waals surface area contributed by atoms with E-state index in [1.165, 1.54) is 0 Å². The molecule has 2 rings (SSSR count). The van der Waals surface area contributed by atoms with Crippen LogP contribution in [-0.4, -0.2) is 13.0 Å². The second-order valence-corrected chi connectivity index (χ2v) is 3.56. The van der Waals surface area contributed by atoms with Crippen LogP contribution in [0.25, 0.3) is 11.1 Å². The summed E-state index contributed by atoms with van der Waals surface area (Å²) in [4.78, 5) is 11.3. The van der Waals surface area contributed by atoms with Crippen molar-refractivity contribution in [3.05, 3.63) is 54.1 Å². The number of nitrogens with two attached hydrogens (primary N) is 1. The van der Waals surface area contributed by atoms with Crippen LogP contribution in [-0.2, 0) is 0 Å². The van der Waals surface area contributed by atoms with Crippen molar-refractivity contribution in [2.24, 2.45) is 5.73 Å². The Hall–Kier alpha value is -2.29. The van der Waals surface area contributed by atoms with Crippen LogP contribution in [0.5, 0.6) is 5.75 Å². The molecule has 0 aliphatic rings. The summed E-state index contributed by atoms with van der Waals surface area (Å²) in [6.07, 6.45) is 0. The van der Waals surface area contributed by atoms with E-state index in [0.717, 1.165) is 16.9 Å². The van der Waals surface area contributed by atoms with Gasteiger partial charge in [0.1, 0.15) is 5.75 Å². The summed E-state index contributed by atoms with van der Waals surface area (Å²) in [5.41, 5.74) is 7.52. The van der Waals surface area contributed by atoms with Crippen LogP contribution in [0.2, 0.25) is 0 Å². The van der Waals surface area contributed by atoms with Crippen LogP contribution in [0.1, 0.15) is 10.4 Å². The van der Waals surface area contributed by atoms with Gasteiger partial charge < -0.3 is 10.5 Å². The molecule has 1 amide bonds. The molecule has 1 radical (unpaired) electrons. The maximum absolute atomic E-state index is 11.3. The molecule has 0 fully saturated rings. The van der Waals surface area contributed by atoms with E-state index in [1.807, 2.05) is 30.3 Å². The Kier molecular flexibility index (Phi) is 3.10. The molecule has 17 heavy (non-hydrogen) atoms. The Bertz CT molecular complexity index is 532. The number of ether oxygens (including phenoxy) is 1. The van der Waals surface area contributed by atoms with Crippen molar-refractivity contribution in [2.45, 2.75) is 0 Å². The first-order valence-electron chi connectivity index (χ1n) is 5.16. The van der Waals surface area contributed by atoms with Crippen LogP contribution in [0.15, 0.2) is 42.5 Å². The lowest BCUT2D eigenvalue weighted by atomic mass is 9.99. The molecule has 0 aromatic heterocycles. The first kappa shape index (κ1) is 11.2. The Morgan fingerprint density at radius 2 is 1.94 bits per heavy atom. The summed E-state index contributed by atoms with van der Waals surface area (Å²) in [6, 6.07) is 15.5. The molecule has 3 nitrogen and oxygen atoms in total. The SMILES string of the molecule is COc1ccc(-c2cc[c]cc2C(N)=O)cc1. The van der Waals surface area contributed by atoms with Crippen molar-refractivity contribution in [1.82, 2.24) is 0 Å². The van der Waals surface area contributed by atoms with E-state index in [2.05, 4.69) is 6.07 Å². The zero-order valence-corrected chi connectivity index (χ0v) is 9.44. The monoisotopic (exact) mass is 226 g/mol. The first-order valence-corrected chi connectivity index (χ1v) is 5.16. The zero-order chi connectivity index (χ0) is 12.3. The van der Waals surface area contributed by atoms with Crippen LogP contribution in [0, 0.1) is 6.07 Å². The maximum Gasteiger partial charge on any atom is 0.249 e. The summed E-state index contributed by atoms with van der Waals surface area (Å²) in [6.45, 7) is 0. The fourth-order valence-electron chi connectivity index (χ4n) is 1.66. The van der Waals surface area contributed by atoms with Crippen LogP contribution < -0.4 is 10.5 Å². The van der Waals surface area contributed by atoms with Gasteiger partial charge in [0, 0.05) is 5.56 Å². The van der Waals surface area contributed by atoms with Crippen LogP contribution in [0.3, 0.4) is 0 Å². The average molecular weight is 226 g/mol. The van der Waals surface area contributed by atoms with Gasteiger partial charge in [-0.3, -0.25) is 4.79 Å². The summed E-state index contributed by atoms with van der Waals surface area (Å²) >= 11 is 0. The number of primary amides is 1. The molecule has 0 saturated carbocycles. The summed E-state index contributed by atoms with van der Waals surface area (Å²) in [5, 5.41) is 0.